The molecule has 2 heterocycles. The first-order valence-electron chi connectivity index (χ1n) is 5.35. The molecule has 0 atom stereocenters. The summed E-state index contributed by atoms with van der Waals surface area (Å²) >= 11 is 11.8. The number of halogens is 3. The molecule has 0 N–H and O–H groups in total. The average molecular weight is 311 g/mol. The van der Waals surface area contributed by atoms with E-state index in [0.29, 0.717) is 5.56 Å². The molecule has 100 valence electrons. The molecule has 6 nitrogen and oxygen atoms in total. The summed E-state index contributed by atoms with van der Waals surface area (Å²) in [5, 5.41) is 4.05. The van der Waals surface area contributed by atoms with Gasteiger partial charge in [0, 0.05) is 5.56 Å². The van der Waals surface area contributed by atoms with E-state index in [-0.39, 0.29) is 22.1 Å². The molecule has 0 amide bonds. The second kappa shape index (κ2) is 5.10. The molecule has 0 aliphatic rings. The Balaban J connectivity index is 2.14. The number of rotatable bonds is 2. The quantitative estimate of drug-likeness (QED) is 0.727. The Morgan fingerprint density at radius 3 is 2.65 bits per heavy atom. The molecule has 0 spiro atoms. The summed E-state index contributed by atoms with van der Waals surface area (Å²) in [5.74, 6) is -0.0335. The molecule has 2 aromatic heterocycles. The molecule has 0 saturated carbocycles. The van der Waals surface area contributed by atoms with Gasteiger partial charge in [0.25, 0.3) is 5.95 Å². The van der Waals surface area contributed by atoms with Crippen molar-refractivity contribution in [2.75, 3.05) is 0 Å². The van der Waals surface area contributed by atoms with Gasteiger partial charge in [-0.05, 0) is 29.8 Å². The molecular formula is C11H5Cl2FN6. The van der Waals surface area contributed by atoms with Crippen LogP contribution in [-0.4, -0.2) is 29.7 Å². The monoisotopic (exact) mass is 310 g/mol. The predicted molar refractivity (Wildman–Crippen MR) is 70.2 cm³/mol. The summed E-state index contributed by atoms with van der Waals surface area (Å²) in [6, 6.07) is 3.90. The highest BCUT2D eigenvalue weighted by Gasteiger charge is 2.12. The van der Waals surface area contributed by atoms with Gasteiger partial charge in [-0.1, -0.05) is 11.6 Å². The van der Waals surface area contributed by atoms with Crippen LogP contribution >= 0.6 is 23.2 Å². The fourth-order valence-electron chi connectivity index (χ4n) is 1.54. The van der Waals surface area contributed by atoms with Crippen LogP contribution in [0.4, 0.5) is 4.39 Å². The average Bonchev–Trinajstić information content (AvgIpc) is 2.91. The van der Waals surface area contributed by atoms with Crippen molar-refractivity contribution in [2.45, 2.75) is 0 Å². The normalized spacial score (nSPS) is 10.8. The van der Waals surface area contributed by atoms with Crippen LogP contribution in [-0.2, 0) is 0 Å². The minimum atomic E-state index is -0.449. The lowest BCUT2D eigenvalue weighted by molar-refractivity contribution is 0.628. The van der Waals surface area contributed by atoms with Gasteiger partial charge in [-0.3, -0.25) is 0 Å². The van der Waals surface area contributed by atoms with Crippen molar-refractivity contribution in [1.29, 1.82) is 0 Å². The van der Waals surface area contributed by atoms with Gasteiger partial charge in [0.05, 0.1) is 5.02 Å². The van der Waals surface area contributed by atoms with Crippen LogP contribution < -0.4 is 0 Å². The summed E-state index contributed by atoms with van der Waals surface area (Å²) in [6.07, 6.45) is 2.75. The number of aromatic nitrogens is 6. The molecule has 1 aromatic carbocycles. The summed E-state index contributed by atoms with van der Waals surface area (Å²) in [4.78, 5) is 15.9. The van der Waals surface area contributed by atoms with Gasteiger partial charge in [0.2, 0.25) is 5.28 Å². The molecule has 0 fully saturated rings. The highest BCUT2D eigenvalue weighted by Crippen LogP contribution is 2.26. The Labute approximate surface area is 122 Å². The van der Waals surface area contributed by atoms with E-state index in [1.54, 1.807) is 0 Å². The fraction of sp³-hybridized carbons (Fsp3) is 0. The zero-order valence-corrected chi connectivity index (χ0v) is 11.2. The van der Waals surface area contributed by atoms with Gasteiger partial charge in [-0.15, -0.1) is 0 Å². The van der Waals surface area contributed by atoms with E-state index in [9.17, 15) is 4.39 Å². The minimum absolute atomic E-state index is 0.0270. The van der Waals surface area contributed by atoms with Crippen LogP contribution in [0.1, 0.15) is 0 Å². The molecule has 9 heteroatoms. The topological polar surface area (TPSA) is 69.4 Å². The summed E-state index contributed by atoms with van der Waals surface area (Å²) in [7, 11) is 0. The van der Waals surface area contributed by atoms with Crippen molar-refractivity contribution >= 4 is 23.2 Å². The highest BCUT2D eigenvalue weighted by molar-refractivity contribution is 6.33. The Bertz CT molecular complexity index is 762. The third-order valence-corrected chi connectivity index (χ3v) is 2.87. The fourth-order valence-corrected chi connectivity index (χ4v) is 1.95. The van der Waals surface area contributed by atoms with E-state index < -0.39 is 5.82 Å². The lowest BCUT2D eigenvalue weighted by Gasteiger charge is -2.05. The number of hydrogen-bond donors (Lipinski definition) is 0. The van der Waals surface area contributed by atoms with E-state index in [0.717, 1.165) is 0 Å². The first-order valence-corrected chi connectivity index (χ1v) is 6.11. The van der Waals surface area contributed by atoms with Gasteiger partial charge in [0.15, 0.2) is 5.82 Å². The largest absolute Gasteiger partial charge is 0.256 e. The summed E-state index contributed by atoms with van der Waals surface area (Å²) in [5.41, 5.74) is 0.443. The Kier molecular flexibility index (Phi) is 3.29. The zero-order valence-electron chi connectivity index (χ0n) is 9.70. The molecule has 3 aromatic rings. The van der Waals surface area contributed by atoms with E-state index >= 15 is 0 Å². The van der Waals surface area contributed by atoms with E-state index in [4.69, 9.17) is 23.2 Å². The summed E-state index contributed by atoms with van der Waals surface area (Å²) in [6.45, 7) is 0. The van der Waals surface area contributed by atoms with E-state index in [2.05, 4.69) is 25.0 Å². The van der Waals surface area contributed by atoms with Crippen LogP contribution in [0.3, 0.4) is 0 Å². The van der Waals surface area contributed by atoms with Crippen LogP contribution in [0, 0.1) is 5.82 Å². The van der Waals surface area contributed by atoms with Crippen LogP contribution in [0.25, 0.3) is 17.3 Å². The van der Waals surface area contributed by atoms with Gasteiger partial charge < -0.3 is 0 Å². The van der Waals surface area contributed by atoms with E-state index in [1.165, 1.54) is 35.5 Å². The predicted octanol–water partition coefficient (Wildman–Crippen LogP) is 2.57. The van der Waals surface area contributed by atoms with Gasteiger partial charge in [0.1, 0.15) is 18.5 Å². The molecule has 20 heavy (non-hydrogen) atoms. The molecule has 0 aliphatic carbocycles. The molecule has 3 rings (SSSR count). The number of benzene rings is 1. The minimum Gasteiger partial charge on any atom is -0.223 e. The van der Waals surface area contributed by atoms with Crippen LogP contribution in [0.2, 0.25) is 10.3 Å². The van der Waals surface area contributed by atoms with Crippen molar-refractivity contribution in [2.24, 2.45) is 0 Å². The van der Waals surface area contributed by atoms with E-state index in [1.807, 2.05) is 0 Å². The van der Waals surface area contributed by atoms with Gasteiger partial charge in [-0.2, -0.15) is 24.7 Å². The van der Waals surface area contributed by atoms with Crippen molar-refractivity contribution in [3.8, 4) is 17.3 Å². The maximum Gasteiger partial charge on any atom is 0.256 e. The lowest BCUT2D eigenvalue weighted by atomic mass is 10.2. The van der Waals surface area contributed by atoms with Gasteiger partial charge >= 0.3 is 0 Å². The molecule has 0 unspecified atom stereocenters. The zero-order chi connectivity index (χ0) is 14.1. The highest BCUT2D eigenvalue weighted by atomic mass is 35.5. The Morgan fingerprint density at radius 2 is 1.95 bits per heavy atom. The Morgan fingerprint density at radius 1 is 1.10 bits per heavy atom. The molecular weight excluding hydrogens is 306 g/mol. The lowest BCUT2D eigenvalue weighted by Crippen LogP contribution is -2.05. The van der Waals surface area contributed by atoms with Gasteiger partial charge in [-0.25, -0.2) is 9.37 Å². The molecule has 0 radical (unpaired) electrons. The molecule has 0 aliphatic heterocycles. The standard InChI is InChI=1S/C11H5Cl2FN6/c12-8-3-6(14)1-2-7(8)9-17-10(13)19-11(18-9)20-5-15-4-16-20/h1-5H. The SMILES string of the molecule is Fc1ccc(-c2nc(Cl)nc(-n3cncn3)n2)c(Cl)c1. The van der Waals surface area contributed by atoms with Crippen molar-refractivity contribution in [3.05, 3.63) is 47.0 Å². The third-order valence-electron chi connectivity index (χ3n) is 2.39. The first-order chi connectivity index (χ1) is 9.63. The van der Waals surface area contributed by atoms with Crippen molar-refractivity contribution in [3.63, 3.8) is 0 Å². The van der Waals surface area contributed by atoms with Crippen LogP contribution in [0.5, 0.6) is 0 Å². The number of hydrogen-bond acceptors (Lipinski definition) is 5. The van der Waals surface area contributed by atoms with Crippen molar-refractivity contribution in [1.82, 2.24) is 29.7 Å². The molecule has 0 bridgehead atoms. The van der Waals surface area contributed by atoms with Crippen LogP contribution in [0.15, 0.2) is 30.9 Å². The second-order valence-corrected chi connectivity index (χ2v) is 4.44. The third kappa shape index (κ3) is 2.45. The first kappa shape index (κ1) is 12.9. The number of nitrogens with zero attached hydrogens (tertiary/aromatic N) is 6. The second-order valence-electron chi connectivity index (χ2n) is 3.69. The summed E-state index contributed by atoms with van der Waals surface area (Å²) < 4.78 is 14.4. The Hall–Kier alpha value is -2.12. The molecule has 0 saturated heterocycles. The maximum atomic E-state index is 13.1. The smallest absolute Gasteiger partial charge is 0.223 e. The van der Waals surface area contributed by atoms with Crippen molar-refractivity contribution < 1.29 is 4.39 Å². The maximum absolute atomic E-state index is 13.1.